The molecule has 2 atom stereocenters. The molecular formula is C16H20O3S. The Hall–Kier alpha value is -1.29. The first-order valence-corrected chi connectivity index (χ1v) is 8.09. The van der Waals surface area contributed by atoms with Gasteiger partial charge in [0.05, 0.1) is 5.92 Å². The van der Waals surface area contributed by atoms with E-state index in [0.29, 0.717) is 12.8 Å². The highest BCUT2D eigenvalue weighted by Crippen LogP contribution is 2.29. The Morgan fingerprint density at radius 1 is 1.35 bits per heavy atom. The summed E-state index contributed by atoms with van der Waals surface area (Å²) in [6, 6.07) is 10.1. The van der Waals surface area contributed by atoms with Crippen LogP contribution >= 0.6 is 11.8 Å². The highest BCUT2D eigenvalue weighted by molar-refractivity contribution is 8.13. The van der Waals surface area contributed by atoms with E-state index >= 15 is 0 Å². The van der Waals surface area contributed by atoms with E-state index in [1.807, 2.05) is 25.1 Å². The lowest BCUT2D eigenvalue weighted by molar-refractivity contribution is -0.159. The van der Waals surface area contributed by atoms with Gasteiger partial charge in [0, 0.05) is 6.42 Å². The lowest BCUT2D eigenvalue weighted by atomic mass is 9.91. The second kappa shape index (κ2) is 7.48. The van der Waals surface area contributed by atoms with Crippen molar-refractivity contribution in [1.29, 1.82) is 0 Å². The summed E-state index contributed by atoms with van der Waals surface area (Å²) < 4.78 is 5.42. The molecule has 0 unspecified atom stereocenters. The van der Waals surface area contributed by atoms with Gasteiger partial charge in [0.1, 0.15) is 6.10 Å². The van der Waals surface area contributed by atoms with Gasteiger partial charge in [-0.05, 0) is 30.6 Å². The van der Waals surface area contributed by atoms with Gasteiger partial charge in [-0.2, -0.15) is 0 Å². The Morgan fingerprint density at radius 3 is 2.80 bits per heavy atom. The number of hydrogen-bond acceptors (Lipinski definition) is 4. The monoisotopic (exact) mass is 292 g/mol. The number of benzene rings is 1. The fraction of sp³-hybridized carbons (Fsp3) is 0.500. The van der Waals surface area contributed by atoms with E-state index in [2.05, 4.69) is 12.1 Å². The Morgan fingerprint density at radius 2 is 2.10 bits per heavy atom. The molecule has 0 saturated carbocycles. The number of aryl methyl sites for hydroxylation is 1. The number of hydrogen-bond donors (Lipinski definition) is 0. The number of carbonyl (C=O) groups is 2. The lowest BCUT2D eigenvalue weighted by Crippen LogP contribution is -2.36. The molecule has 1 aliphatic heterocycles. The number of ether oxygens (including phenoxy) is 1. The number of cyclic esters (lactones) is 1. The van der Waals surface area contributed by atoms with Crippen molar-refractivity contribution in [2.24, 2.45) is 5.92 Å². The molecule has 3 nitrogen and oxygen atoms in total. The van der Waals surface area contributed by atoms with Gasteiger partial charge in [-0.1, -0.05) is 49.0 Å². The summed E-state index contributed by atoms with van der Waals surface area (Å²) in [7, 11) is 0. The lowest BCUT2D eigenvalue weighted by Gasteiger charge is -2.29. The number of rotatable bonds is 5. The van der Waals surface area contributed by atoms with Gasteiger partial charge >= 0.3 is 5.97 Å². The minimum atomic E-state index is -0.261. The van der Waals surface area contributed by atoms with E-state index in [1.165, 1.54) is 17.3 Å². The molecule has 0 amide bonds. The topological polar surface area (TPSA) is 43.4 Å². The highest BCUT2D eigenvalue weighted by atomic mass is 32.2. The van der Waals surface area contributed by atoms with Crippen molar-refractivity contribution < 1.29 is 14.3 Å². The number of thioether (sulfide) groups is 1. The smallest absolute Gasteiger partial charge is 0.306 e. The molecule has 0 aromatic heterocycles. The third kappa shape index (κ3) is 4.10. The second-order valence-electron chi connectivity index (χ2n) is 4.95. The maximum atomic E-state index is 12.1. The zero-order valence-corrected chi connectivity index (χ0v) is 12.5. The van der Waals surface area contributed by atoms with Gasteiger partial charge in [0.25, 0.3) is 0 Å². The minimum Gasteiger partial charge on any atom is -0.462 e. The summed E-state index contributed by atoms with van der Waals surface area (Å²) >= 11 is 1.33. The van der Waals surface area contributed by atoms with Crippen molar-refractivity contribution in [2.45, 2.75) is 38.7 Å². The molecule has 1 fully saturated rings. The summed E-state index contributed by atoms with van der Waals surface area (Å²) in [6.07, 6.45) is 2.28. The van der Waals surface area contributed by atoms with Crippen molar-refractivity contribution in [1.82, 2.24) is 0 Å². The Balaban J connectivity index is 1.97. The first kappa shape index (κ1) is 15.1. The van der Waals surface area contributed by atoms with Crippen molar-refractivity contribution in [3.05, 3.63) is 35.9 Å². The molecule has 4 heteroatoms. The normalized spacial score (nSPS) is 22.4. The molecule has 0 aliphatic carbocycles. The van der Waals surface area contributed by atoms with Crippen LogP contribution in [-0.4, -0.2) is 22.9 Å². The second-order valence-corrected chi connectivity index (χ2v) is 6.22. The van der Waals surface area contributed by atoms with Crippen LogP contribution in [0.15, 0.2) is 30.3 Å². The first-order valence-electron chi connectivity index (χ1n) is 7.10. The fourth-order valence-corrected chi connectivity index (χ4v) is 3.27. The molecule has 1 aromatic carbocycles. The highest BCUT2D eigenvalue weighted by Gasteiger charge is 2.35. The summed E-state index contributed by atoms with van der Waals surface area (Å²) in [4.78, 5) is 23.6. The Bertz CT molecular complexity index is 458. The van der Waals surface area contributed by atoms with Gasteiger partial charge in [-0.15, -0.1) is 0 Å². The Kier molecular flexibility index (Phi) is 5.65. The zero-order chi connectivity index (χ0) is 14.4. The van der Waals surface area contributed by atoms with Crippen LogP contribution in [0.5, 0.6) is 0 Å². The average molecular weight is 292 g/mol. The molecule has 1 heterocycles. The molecule has 0 spiro atoms. The van der Waals surface area contributed by atoms with E-state index < -0.39 is 0 Å². The third-order valence-corrected chi connectivity index (χ3v) is 4.42. The van der Waals surface area contributed by atoms with Crippen molar-refractivity contribution in [3.63, 3.8) is 0 Å². The number of carbonyl (C=O) groups excluding carboxylic acids is 2. The van der Waals surface area contributed by atoms with Crippen molar-refractivity contribution >= 4 is 22.8 Å². The third-order valence-electron chi connectivity index (χ3n) is 3.54. The summed E-state index contributed by atoms with van der Waals surface area (Å²) in [6.45, 7) is 1.97. The van der Waals surface area contributed by atoms with E-state index in [0.717, 1.165) is 18.6 Å². The summed E-state index contributed by atoms with van der Waals surface area (Å²) in [5, 5.41) is 0.165. The van der Waals surface area contributed by atoms with Crippen LogP contribution in [0.2, 0.25) is 0 Å². The van der Waals surface area contributed by atoms with E-state index in [1.54, 1.807) is 0 Å². The molecule has 1 aromatic rings. The van der Waals surface area contributed by atoms with Crippen LogP contribution < -0.4 is 0 Å². The van der Waals surface area contributed by atoms with E-state index in [9.17, 15) is 9.59 Å². The number of esters is 1. The molecular weight excluding hydrogens is 272 g/mol. The molecule has 0 bridgehead atoms. The van der Waals surface area contributed by atoms with E-state index in [-0.39, 0.29) is 23.1 Å². The summed E-state index contributed by atoms with van der Waals surface area (Å²) in [5.41, 5.74) is 1.21. The van der Waals surface area contributed by atoms with Crippen LogP contribution in [0.1, 0.15) is 31.7 Å². The van der Waals surface area contributed by atoms with Crippen LogP contribution in [0.3, 0.4) is 0 Å². The van der Waals surface area contributed by atoms with Crippen molar-refractivity contribution in [2.75, 3.05) is 5.75 Å². The molecule has 20 heavy (non-hydrogen) atoms. The molecule has 0 radical (unpaired) electrons. The SMILES string of the molecule is CCSC(=O)[C@H]1CCC(=O)O[C@H]1CCc1ccccc1. The van der Waals surface area contributed by atoms with Gasteiger partial charge < -0.3 is 4.74 Å². The predicted octanol–water partition coefficient (Wildman–Crippen LogP) is 3.22. The summed E-state index contributed by atoms with van der Waals surface area (Å²) in [5.74, 6) is 0.462. The van der Waals surface area contributed by atoms with Gasteiger partial charge in [-0.25, -0.2) is 0 Å². The predicted molar refractivity (Wildman–Crippen MR) is 80.5 cm³/mol. The first-order chi connectivity index (χ1) is 9.70. The molecule has 1 aliphatic rings. The van der Waals surface area contributed by atoms with Gasteiger partial charge in [-0.3, -0.25) is 9.59 Å². The molecule has 1 saturated heterocycles. The Labute approximate surface area is 124 Å². The minimum absolute atomic E-state index is 0.138. The fourth-order valence-electron chi connectivity index (χ4n) is 2.50. The van der Waals surface area contributed by atoms with Crippen LogP contribution in [0.4, 0.5) is 0 Å². The van der Waals surface area contributed by atoms with Crippen LogP contribution in [0.25, 0.3) is 0 Å². The van der Waals surface area contributed by atoms with Crippen molar-refractivity contribution in [3.8, 4) is 0 Å². The maximum Gasteiger partial charge on any atom is 0.306 e. The van der Waals surface area contributed by atoms with Crippen LogP contribution in [0, 0.1) is 5.92 Å². The standard InChI is InChI=1S/C16H20O3S/c1-2-20-16(18)13-9-11-15(17)19-14(13)10-8-12-6-4-3-5-7-12/h3-7,13-14H,2,8-11H2,1H3/t13-,14-/m0/s1. The van der Waals surface area contributed by atoms with Crippen LogP contribution in [-0.2, 0) is 20.7 Å². The largest absolute Gasteiger partial charge is 0.462 e. The average Bonchev–Trinajstić information content (AvgIpc) is 2.46. The molecule has 108 valence electrons. The van der Waals surface area contributed by atoms with Gasteiger partial charge in [0.15, 0.2) is 5.12 Å². The zero-order valence-electron chi connectivity index (χ0n) is 11.7. The quantitative estimate of drug-likeness (QED) is 0.782. The van der Waals surface area contributed by atoms with E-state index in [4.69, 9.17) is 4.74 Å². The van der Waals surface area contributed by atoms with Gasteiger partial charge in [0.2, 0.25) is 0 Å². The molecule has 0 N–H and O–H groups in total. The molecule has 2 rings (SSSR count). The maximum absolute atomic E-state index is 12.1.